The lowest BCUT2D eigenvalue weighted by Crippen LogP contribution is -2.18. The fourth-order valence-corrected chi connectivity index (χ4v) is 1.39. The quantitative estimate of drug-likeness (QED) is 0.525. The van der Waals surface area contributed by atoms with Crippen LogP contribution in [0.15, 0.2) is 18.2 Å². The lowest BCUT2D eigenvalue weighted by Gasteiger charge is -2.10. The van der Waals surface area contributed by atoms with Gasteiger partial charge in [0.15, 0.2) is 0 Å². The van der Waals surface area contributed by atoms with Crippen molar-refractivity contribution in [3.8, 4) is 0 Å². The summed E-state index contributed by atoms with van der Waals surface area (Å²) in [5, 5.41) is 5.82. The fraction of sp³-hybridized carbons (Fsp3) is 0.417. The van der Waals surface area contributed by atoms with E-state index in [4.69, 9.17) is 5.73 Å². The summed E-state index contributed by atoms with van der Waals surface area (Å²) in [5.41, 5.74) is 7.94. The van der Waals surface area contributed by atoms with E-state index in [0.717, 1.165) is 25.1 Å². The number of nitrogens with one attached hydrogen (secondary N) is 2. The summed E-state index contributed by atoms with van der Waals surface area (Å²) in [4.78, 5) is 11.4. The maximum absolute atomic E-state index is 11.4. The molecule has 4 nitrogen and oxygen atoms in total. The van der Waals surface area contributed by atoms with Crippen molar-refractivity contribution in [2.75, 3.05) is 24.6 Å². The summed E-state index contributed by atoms with van der Waals surface area (Å²) in [7, 11) is 1.61. The Balaban J connectivity index is 2.78. The maximum atomic E-state index is 11.4. The molecule has 0 aliphatic rings. The molecule has 4 N–H and O–H groups in total. The minimum atomic E-state index is -0.0986. The zero-order valence-corrected chi connectivity index (χ0v) is 9.84. The third kappa shape index (κ3) is 3.15. The molecule has 0 fully saturated rings. The molecule has 0 atom stereocenters. The molecule has 0 bridgehead atoms. The molecule has 0 unspecified atom stereocenters. The van der Waals surface area contributed by atoms with E-state index in [2.05, 4.69) is 17.6 Å². The third-order valence-electron chi connectivity index (χ3n) is 2.39. The first-order valence-electron chi connectivity index (χ1n) is 5.54. The fourth-order valence-electron chi connectivity index (χ4n) is 1.39. The van der Waals surface area contributed by atoms with Gasteiger partial charge in [0.1, 0.15) is 0 Å². The van der Waals surface area contributed by atoms with Gasteiger partial charge in [0.05, 0.1) is 11.4 Å². The number of anilines is 2. The number of benzene rings is 1. The lowest BCUT2D eigenvalue weighted by molar-refractivity contribution is 0.0963. The van der Waals surface area contributed by atoms with Gasteiger partial charge in [0, 0.05) is 19.2 Å². The number of carbonyl (C=O) groups excluding carboxylic acids is 1. The van der Waals surface area contributed by atoms with Crippen LogP contribution >= 0.6 is 0 Å². The molecular weight excluding hydrogens is 202 g/mol. The Hall–Kier alpha value is -1.71. The van der Waals surface area contributed by atoms with Crippen LogP contribution in [0, 0.1) is 0 Å². The molecule has 1 aromatic rings. The van der Waals surface area contributed by atoms with E-state index >= 15 is 0 Å². The number of rotatable bonds is 5. The molecule has 1 aromatic carbocycles. The van der Waals surface area contributed by atoms with Crippen LogP contribution in [0.3, 0.4) is 0 Å². The zero-order chi connectivity index (χ0) is 12.0. The van der Waals surface area contributed by atoms with Gasteiger partial charge < -0.3 is 16.4 Å². The van der Waals surface area contributed by atoms with Gasteiger partial charge in [0.25, 0.3) is 5.91 Å². The van der Waals surface area contributed by atoms with Gasteiger partial charge in [0.2, 0.25) is 0 Å². The van der Waals surface area contributed by atoms with Gasteiger partial charge in [-0.05, 0) is 24.6 Å². The summed E-state index contributed by atoms with van der Waals surface area (Å²) < 4.78 is 0. The molecule has 0 saturated carbocycles. The molecule has 16 heavy (non-hydrogen) atoms. The zero-order valence-electron chi connectivity index (χ0n) is 9.84. The van der Waals surface area contributed by atoms with E-state index in [9.17, 15) is 4.79 Å². The number of amides is 1. The molecule has 0 heterocycles. The van der Waals surface area contributed by atoms with E-state index < -0.39 is 0 Å². The van der Waals surface area contributed by atoms with Crippen LogP contribution in [0.2, 0.25) is 0 Å². The predicted octanol–water partition coefficient (Wildman–Crippen LogP) is 1.84. The first-order chi connectivity index (χ1) is 7.69. The first kappa shape index (κ1) is 12.4. The number of hydrogen-bond acceptors (Lipinski definition) is 3. The SMILES string of the molecule is CCCCNc1cc(C(=O)NC)ccc1N. The summed E-state index contributed by atoms with van der Waals surface area (Å²) >= 11 is 0. The van der Waals surface area contributed by atoms with Crippen LogP contribution in [0.25, 0.3) is 0 Å². The van der Waals surface area contributed by atoms with Gasteiger partial charge in [-0.25, -0.2) is 0 Å². The van der Waals surface area contributed by atoms with Gasteiger partial charge >= 0.3 is 0 Å². The highest BCUT2D eigenvalue weighted by Crippen LogP contribution is 2.20. The summed E-state index contributed by atoms with van der Waals surface area (Å²) in [6, 6.07) is 5.25. The first-order valence-corrected chi connectivity index (χ1v) is 5.54. The van der Waals surface area contributed by atoms with E-state index in [1.165, 1.54) is 0 Å². The van der Waals surface area contributed by atoms with E-state index in [-0.39, 0.29) is 5.91 Å². The standard InChI is InChI=1S/C12H19N3O/c1-3-4-7-15-11-8-9(12(16)14-2)5-6-10(11)13/h5-6,8,15H,3-4,7,13H2,1-2H3,(H,14,16). The Bertz CT molecular complexity index is 363. The smallest absolute Gasteiger partial charge is 0.251 e. The van der Waals surface area contributed by atoms with Crippen molar-refractivity contribution in [3.05, 3.63) is 23.8 Å². The second-order valence-electron chi connectivity index (χ2n) is 3.66. The van der Waals surface area contributed by atoms with Gasteiger partial charge in [-0.1, -0.05) is 13.3 Å². The van der Waals surface area contributed by atoms with Crippen LogP contribution in [0.5, 0.6) is 0 Å². The normalized spacial score (nSPS) is 9.88. The van der Waals surface area contributed by atoms with Crippen molar-refractivity contribution in [1.82, 2.24) is 5.32 Å². The maximum Gasteiger partial charge on any atom is 0.251 e. The molecule has 88 valence electrons. The van der Waals surface area contributed by atoms with Crippen LogP contribution in [0.4, 0.5) is 11.4 Å². The molecule has 0 aliphatic heterocycles. The second kappa shape index (κ2) is 6.00. The van der Waals surface area contributed by atoms with Crippen molar-refractivity contribution < 1.29 is 4.79 Å². The number of nitrogen functional groups attached to an aromatic ring is 1. The average molecular weight is 221 g/mol. The van der Waals surface area contributed by atoms with Gasteiger partial charge in [-0.3, -0.25) is 4.79 Å². The highest BCUT2D eigenvalue weighted by atomic mass is 16.1. The molecule has 4 heteroatoms. The van der Waals surface area contributed by atoms with E-state index in [1.54, 1.807) is 25.2 Å². The van der Waals surface area contributed by atoms with Crippen molar-refractivity contribution in [2.45, 2.75) is 19.8 Å². The Kier molecular flexibility index (Phi) is 4.64. The Morgan fingerprint density at radius 3 is 2.81 bits per heavy atom. The topological polar surface area (TPSA) is 67.2 Å². The Labute approximate surface area is 96.2 Å². The molecular formula is C12H19N3O. The minimum Gasteiger partial charge on any atom is -0.397 e. The van der Waals surface area contributed by atoms with Gasteiger partial charge in [-0.15, -0.1) is 0 Å². The van der Waals surface area contributed by atoms with Crippen LogP contribution in [0.1, 0.15) is 30.1 Å². The second-order valence-corrected chi connectivity index (χ2v) is 3.66. The van der Waals surface area contributed by atoms with Crippen LogP contribution < -0.4 is 16.4 Å². The average Bonchev–Trinajstić information content (AvgIpc) is 2.31. The van der Waals surface area contributed by atoms with Crippen molar-refractivity contribution in [2.24, 2.45) is 0 Å². The molecule has 0 spiro atoms. The molecule has 1 rings (SSSR count). The molecule has 0 aromatic heterocycles. The largest absolute Gasteiger partial charge is 0.397 e. The number of unbranched alkanes of at least 4 members (excludes halogenated alkanes) is 1. The monoisotopic (exact) mass is 221 g/mol. The minimum absolute atomic E-state index is 0.0986. The van der Waals surface area contributed by atoms with E-state index in [1.807, 2.05) is 0 Å². The highest BCUT2D eigenvalue weighted by Gasteiger charge is 2.06. The highest BCUT2D eigenvalue weighted by molar-refractivity contribution is 5.96. The van der Waals surface area contributed by atoms with Crippen molar-refractivity contribution in [1.29, 1.82) is 0 Å². The molecule has 1 amide bonds. The van der Waals surface area contributed by atoms with Crippen LogP contribution in [-0.4, -0.2) is 19.5 Å². The third-order valence-corrected chi connectivity index (χ3v) is 2.39. The number of hydrogen-bond donors (Lipinski definition) is 3. The van der Waals surface area contributed by atoms with Crippen LogP contribution in [-0.2, 0) is 0 Å². The van der Waals surface area contributed by atoms with Crippen molar-refractivity contribution in [3.63, 3.8) is 0 Å². The Morgan fingerprint density at radius 1 is 1.44 bits per heavy atom. The van der Waals surface area contributed by atoms with E-state index in [0.29, 0.717) is 11.3 Å². The number of nitrogens with two attached hydrogens (primary N) is 1. The molecule has 0 radical (unpaired) electrons. The number of carbonyl (C=O) groups is 1. The molecule has 0 aliphatic carbocycles. The predicted molar refractivity (Wildman–Crippen MR) is 67.6 cm³/mol. The molecule has 0 saturated heterocycles. The summed E-state index contributed by atoms with van der Waals surface area (Å²) in [5.74, 6) is -0.0986. The summed E-state index contributed by atoms with van der Waals surface area (Å²) in [6.45, 7) is 3.00. The Morgan fingerprint density at radius 2 is 2.19 bits per heavy atom. The lowest BCUT2D eigenvalue weighted by atomic mass is 10.1. The summed E-state index contributed by atoms with van der Waals surface area (Å²) in [6.07, 6.45) is 2.21. The van der Waals surface area contributed by atoms with Crippen molar-refractivity contribution >= 4 is 17.3 Å². The van der Waals surface area contributed by atoms with Gasteiger partial charge in [-0.2, -0.15) is 0 Å².